The highest BCUT2D eigenvalue weighted by molar-refractivity contribution is 5.25. The third kappa shape index (κ3) is 1.75. The van der Waals surface area contributed by atoms with Crippen LogP contribution in [0.1, 0.15) is 70.6 Å². The van der Waals surface area contributed by atoms with Crippen molar-refractivity contribution in [2.45, 2.75) is 77.7 Å². The largest absolute Gasteiger partial charge is 0.390 e. The summed E-state index contributed by atoms with van der Waals surface area (Å²) < 4.78 is 5.28. The molecule has 5 rings (SSSR count). The van der Waals surface area contributed by atoms with Crippen molar-refractivity contribution in [2.24, 2.45) is 34.5 Å². The maximum atomic E-state index is 11.0. The van der Waals surface area contributed by atoms with Gasteiger partial charge in [0.05, 0.1) is 11.3 Å². The SMILES string of the molecule is CC12Cc3conc3CC1CCC1C2CC[C@]2(C)C1CC[C@@]2(C)O. The van der Waals surface area contributed by atoms with Gasteiger partial charge in [-0.3, -0.25) is 0 Å². The standard InChI is InChI=1S/C21H31NO2/c1-19-11-13-12-24-22-18(13)10-14(19)4-5-15-16(19)6-8-20(2)17(15)7-9-21(20,3)23/h12,14-17,23H,4-11H2,1-3H3/t14?,15?,16?,17?,19?,20-,21-/m1/s1. The second-order valence-electron chi connectivity index (χ2n) is 10.1. The summed E-state index contributed by atoms with van der Waals surface area (Å²) in [6, 6.07) is 0. The maximum absolute atomic E-state index is 11.0. The van der Waals surface area contributed by atoms with Gasteiger partial charge < -0.3 is 9.63 Å². The summed E-state index contributed by atoms with van der Waals surface area (Å²) in [5, 5.41) is 15.3. The number of aromatic nitrogens is 1. The fraction of sp³-hybridized carbons (Fsp3) is 0.857. The van der Waals surface area contributed by atoms with E-state index < -0.39 is 5.60 Å². The number of hydrogen-bond acceptors (Lipinski definition) is 3. The van der Waals surface area contributed by atoms with Crippen LogP contribution in [-0.4, -0.2) is 15.9 Å². The zero-order chi connectivity index (χ0) is 16.7. The Morgan fingerprint density at radius 3 is 2.71 bits per heavy atom. The number of aliphatic hydroxyl groups is 1. The van der Waals surface area contributed by atoms with Crippen molar-refractivity contribution >= 4 is 0 Å². The molecule has 3 saturated carbocycles. The Hall–Kier alpha value is -0.830. The van der Waals surface area contributed by atoms with E-state index in [1.807, 2.05) is 6.26 Å². The molecular formula is C21H31NO2. The molecule has 0 amide bonds. The van der Waals surface area contributed by atoms with Gasteiger partial charge in [-0.05, 0) is 92.8 Å². The Kier molecular flexibility index (Phi) is 3.00. The van der Waals surface area contributed by atoms with E-state index in [0.717, 1.165) is 37.0 Å². The molecular weight excluding hydrogens is 298 g/mol. The van der Waals surface area contributed by atoms with Gasteiger partial charge in [0.15, 0.2) is 0 Å². The van der Waals surface area contributed by atoms with Crippen LogP contribution < -0.4 is 0 Å². The lowest BCUT2D eigenvalue weighted by Crippen LogP contribution is -2.56. The summed E-state index contributed by atoms with van der Waals surface area (Å²) >= 11 is 0. The summed E-state index contributed by atoms with van der Waals surface area (Å²) in [5.41, 5.74) is 2.65. The lowest BCUT2D eigenvalue weighted by atomic mass is 9.44. The highest BCUT2D eigenvalue weighted by Gasteiger charge is 2.63. The van der Waals surface area contributed by atoms with E-state index in [4.69, 9.17) is 4.52 Å². The van der Waals surface area contributed by atoms with E-state index >= 15 is 0 Å². The van der Waals surface area contributed by atoms with Gasteiger partial charge in [-0.2, -0.15) is 0 Å². The second-order valence-corrected chi connectivity index (χ2v) is 10.1. The highest BCUT2D eigenvalue weighted by Crippen LogP contribution is 2.67. The first kappa shape index (κ1) is 15.4. The van der Waals surface area contributed by atoms with Crippen molar-refractivity contribution < 1.29 is 9.63 Å². The lowest BCUT2D eigenvalue weighted by molar-refractivity contribution is -0.139. The molecule has 24 heavy (non-hydrogen) atoms. The molecule has 0 aliphatic heterocycles. The molecule has 3 fully saturated rings. The third-order valence-electron chi connectivity index (χ3n) is 9.37. The fourth-order valence-corrected chi connectivity index (χ4v) is 7.63. The van der Waals surface area contributed by atoms with Crippen molar-refractivity contribution in [3.8, 4) is 0 Å². The summed E-state index contributed by atoms with van der Waals surface area (Å²) in [6.07, 6.45) is 11.6. The van der Waals surface area contributed by atoms with Crippen LogP contribution in [0.25, 0.3) is 0 Å². The zero-order valence-corrected chi connectivity index (χ0v) is 15.3. The van der Waals surface area contributed by atoms with Gasteiger partial charge in [0.2, 0.25) is 0 Å². The molecule has 0 radical (unpaired) electrons. The number of nitrogens with zero attached hydrogens (tertiary/aromatic N) is 1. The molecule has 132 valence electrons. The molecule has 0 spiro atoms. The first-order chi connectivity index (χ1) is 11.4. The van der Waals surface area contributed by atoms with Crippen molar-refractivity contribution in [2.75, 3.05) is 0 Å². The summed E-state index contributed by atoms with van der Waals surface area (Å²) in [7, 11) is 0. The Morgan fingerprint density at radius 1 is 1.08 bits per heavy atom. The van der Waals surface area contributed by atoms with Crippen LogP contribution in [0.4, 0.5) is 0 Å². The molecule has 3 heteroatoms. The van der Waals surface area contributed by atoms with E-state index in [1.165, 1.54) is 43.4 Å². The Labute approximate surface area is 145 Å². The summed E-state index contributed by atoms with van der Waals surface area (Å²) in [6.45, 7) is 7.04. The fourth-order valence-electron chi connectivity index (χ4n) is 7.63. The Bertz CT molecular complexity index is 665. The smallest absolute Gasteiger partial charge is 0.127 e. The third-order valence-corrected chi connectivity index (χ3v) is 9.37. The van der Waals surface area contributed by atoms with Crippen LogP contribution in [0, 0.1) is 34.5 Å². The predicted molar refractivity (Wildman–Crippen MR) is 92.4 cm³/mol. The average Bonchev–Trinajstić information content (AvgIpc) is 3.06. The zero-order valence-electron chi connectivity index (χ0n) is 15.3. The first-order valence-electron chi connectivity index (χ1n) is 10.00. The van der Waals surface area contributed by atoms with Crippen LogP contribution in [0.5, 0.6) is 0 Å². The van der Waals surface area contributed by atoms with E-state index in [2.05, 4.69) is 25.9 Å². The topological polar surface area (TPSA) is 46.3 Å². The molecule has 1 aromatic heterocycles. The quantitative estimate of drug-likeness (QED) is 0.768. The van der Waals surface area contributed by atoms with Crippen LogP contribution >= 0.6 is 0 Å². The normalized spacial score (nSPS) is 53.0. The molecule has 1 N–H and O–H groups in total. The lowest BCUT2D eigenvalue weighted by Gasteiger charge is -2.60. The molecule has 0 saturated heterocycles. The van der Waals surface area contributed by atoms with E-state index in [-0.39, 0.29) is 5.41 Å². The molecule has 4 aliphatic carbocycles. The molecule has 1 aromatic rings. The minimum atomic E-state index is -0.464. The number of fused-ring (bicyclic) bond motifs is 6. The summed E-state index contributed by atoms with van der Waals surface area (Å²) in [5.74, 6) is 3.10. The van der Waals surface area contributed by atoms with E-state index in [1.54, 1.807) is 0 Å². The average molecular weight is 329 g/mol. The van der Waals surface area contributed by atoms with Gasteiger partial charge in [0.1, 0.15) is 6.26 Å². The number of rotatable bonds is 0. The second kappa shape index (κ2) is 4.66. The van der Waals surface area contributed by atoms with Crippen molar-refractivity contribution in [3.05, 3.63) is 17.5 Å². The monoisotopic (exact) mass is 329 g/mol. The number of hydrogen-bond donors (Lipinski definition) is 1. The van der Waals surface area contributed by atoms with Crippen molar-refractivity contribution in [1.82, 2.24) is 5.16 Å². The van der Waals surface area contributed by atoms with Gasteiger partial charge in [0, 0.05) is 5.56 Å². The molecule has 1 heterocycles. The van der Waals surface area contributed by atoms with Gasteiger partial charge in [-0.25, -0.2) is 0 Å². The Morgan fingerprint density at radius 2 is 1.88 bits per heavy atom. The van der Waals surface area contributed by atoms with E-state index in [0.29, 0.717) is 11.3 Å². The van der Waals surface area contributed by atoms with Crippen LogP contribution in [0.2, 0.25) is 0 Å². The van der Waals surface area contributed by atoms with Gasteiger partial charge in [-0.15, -0.1) is 0 Å². The molecule has 7 atom stereocenters. The van der Waals surface area contributed by atoms with Gasteiger partial charge >= 0.3 is 0 Å². The van der Waals surface area contributed by atoms with Crippen LogP contribution in [0.3, 0.4) is 0 Å². The minimum absolute atomic E-state index is 0.133. The van der Waals surface area contributed by atoms with E-state index in [9.17, 15) is 5.11 Å². The van der Waals surface area contributed by atoms with Crippen LogP contribution in [0.15, 0.2) is 10.8 Å². The van der Waals surface area contributed by atoms with Gasteiger partial charge in [-0.1, -0.05) is 19.0 Å². The predicted octanol–water partition coefficient (Wildman–Crippen LogP) is 4.38. The first-order valence-corrected chi connectivity index (χ1v) is 10.00. The van der Waals surface area contributed by atoms with Crippen molar-refractivity contribution in [3.63, 3.8) is 0 Å². The van der Waals surface area contributed by atoms with Gasteiger partial charge in [0.25, 0.3) is 0 Å². The molecule has 3 nitrogen and oxygen atoms in total. The Balaban J connectivity index is 1.50. The highest BCUT2D eigenvalue weighted by atomic mass is 16.5. The van der Waals surface area contributed by atoms with Crippen molar-refractivity contribution in [1.29, 1.82) is 0 Å². The minimum Gasteiger partial charge on any atom is -0.390 e. The molecule has 0 bridgehead atoms. The molecule has 5 unspecified atom stereocenters. The maximum Gasteiger partial charge on any atom is 0.127 e. The molecule has 0 aromatic carbocycles. The summed E-state index contributed by atoms with van der Waals surface area (Å²) in [4.78, 5) is 0. The molecule has 4 aliphatic rings. The van der Waals surface area contributed by atoms with Crippen LogP contribution in [-0.2, 0) is 12.8 Å².